The van der Waals surface area contributed by atoms with E-state index < -0.39 is 17.6 Å². The van der Waals surface area contributed by atoms with Gasteiger partial charge in [-0.2, -0.15) is 18.4 Å². The number of alkyl halides is 4. The van der Waals surface area contributed by atoms with Gasteiger partial charge in [0.15, 0.2) is 5.82 Å². The lowest BCUT2D eigenvalue weighted by Gasteiger charge is -2.40. The minimum absolute atomic E-state index is 0.0810. The van der Waals surface area contributed by atoms with Gasteiger partial charge in [-0.15, -0.1) is 11.6 Å². The van der Waals surface area contributed by atoms with Crippen LogP contribution in [0.4, 0.5) is 24.7 Å². The Morgan fingerprint density at radius 1 is 1.30 bits per heavy atom. The number of benzene rings is 1. The lowest BCUT2D eigenvalue weighted by molar-refractivity contribution is -0.148. The molecule has 0 radical (unpaired) electrons. The predicted molar refractivity (Wildman–Crippen MR) is 115 cm³/mol. The summed E-state index contributed by atoms with van der Waals surface area (Å²) in [4.78, 5) is 32.0. The van der Waals surface area contributed by atoms with Gasteiger partial charge >= 0.3 is 12.1 Å². The molecule has 7 nitrogen and oxygen atoms in total. The Balaban J connectivity index is 1.91. The van der Waals surface area contributed by atoms with Crippen LogP contribution in [0.5, 0.6) is 0 Å². The van der Waals surface area contributed by atoms with E-state index in [4.69, 9.17) is 16.3 Å². The van der Waals surface area contributed by atoms with E-state index in [1.807, 2.05) is 6.07 Å². The zero-order valence-corrected chi connectivity index (χ0v) is 18.4. The largest absolute Gasteiger partial charge is 0.466 e. The third-order valence-corrected chi connectivity index (χ3v) is 5.33. The summed E-state index contributed by atoms with van der Waals surface area (Å²) < 4.78 is 43.7. The van der Waals surface area contributed by atoms with Crippen molar-refractivity contribution in [3.05, 3.63) is 53.2 Å². The maximum atomic E-state index is 12.9. The van der Waals surface area contributed by atoms with E-state index in [1.165, 1.54) is 29.3 Å². The van der Waals surface area contributed by atoms with Crippen LogP contribution in [-0.2, 0) is 27.0 Å². The fourth-order valence-electron chi connectivity index (χ4n) is 3.37. The Morgan fingerprint density at radius 3 is 2.52 bits per heavy atom. The third kappa shape index (κ3) is 5.54. The number of rotatable bonds is 7. The van der Waals surface area contributed by atoms with Gasteiger partial charge in [-0.25, -0.2) is 4.98 Å². The first-order chi connectivity index (χ1) is 15.7. The van der Waals surface area contributed by atoms with Crippen LogP contribution in [0.25, 0.3) is 0 Å². The molecule has 1 aliphatic heterocycles. The summed E-state index contributed by atoms with van der Waals surface area (Å²) in [6.07, 6.45) is -3.13. The highest BCUT2D eigenvalue weighted by Gasteiger charge is 2.37. The first-order valence-electron chi connectivity index (χ1n) is 10.0. The van der Waals surface area contributed by atoms with Crippen molar-refractivity contribution >= 4 is 35.0 Å². The highest BCUT2D eigenvalue weighted by atomic mass is 35.5. The van der Waals surface area contributed by atoms with Crippen LogP contribution in [0.3, 0.4) is 0 Å². The van der Waals surface area contributed by atoms with Gasteiger partial charge < -0.3 is 14.5 Å². The standard InChI is InChI=1S/C22H20ClF3N4O3/c1-2-33-21(32)16-12-29(13-16)20-18(7-15(9-27)10-28-20)30(19(31)8-23)11-14-3-5-17(6-4-14)22(24,25)26/h3-7,10,16H,2,8,11-13H2,1H3. The summed E-state index contributed by atoms with van der Waals surface area (Å²) in [5, 5.41) is 9.31. The molecule has 0 saturated carbocycles. The monoisotopic (exact) mass is 480 g/mol. The van der Waals surface area contributed by atoms with Crippen molar-refractivity contribution in [3.8, 4) is 6.07 Å². The number of nitrogens with zero attached hydrogens (tertiary/aromatic N) is 4. The Labute approximate surface area is 193 Å². The van der Waals surface area contributed by atoms with Crippen molar-refractivity contribution in [2.45, 2.75) is 19.6 Å². The summed E-state index contributed by atoms with van der Waals surface area (Å²) in [5.41, 5.74) is 0.0987. The van der Waals surface area contributed by atoms with Crippen molar-refractivity contribution in [2.24, 2.45) is 5.92 Å². The summed E-state index contributed by atoms with van der Waals surface area (Å²) in [6, 6.07) is 7.85. The van der Waals surface area contributed by atoms with E-state index in [-0.39, 0.29) is 42.2 Å². The maximum absolute atomic E-state index is 12.9. The van der Waals surface area contributed by atoms with Gasteiger partial charge in [-0.1, -0.05) is 12.1 Å². The van der Waals surface area contributed by atoms with Crippen LogP contribution < -0.4 is 9.80 Å². The normalized spacial score (nSPS) is 13.8. The number of halogens is 4. The van der Waals surface area contributed by atoms with E-state index >= 15 is 0 Å². The van der Waals surface area contributed by atoms with Crippen molar-refractivity contribution in [2.75, 3.05) is 35.4 Å². The van der Waals surface area contributed by atoms with Gasteiger partial charge in [-0.3, -0.25) is 9.59 Å². The van der Waals surface area contributed by atoms with E-state index in [0.717, 1.165) is 12.1 Å². The Bertz CT molecular complexity index is 1060. The molecule has 1 aromatic carbocycles. The smallest absolute Gasteiger partial charge is 0.416 e. The number of amides is 1. The number of carbonyl (C=O) groups is 2. The third-order valence-electron chi connectivity index (χ3n) is 5.11. The topological polar surface area (TPSA) is 86.5 Å². The number of ether oxygens (including phenoxy) is 1. The first kappa shape index (κ1) is 24.3. The first-order valence-corrected chi connectivity index (χ1v) is 10.6. The number of carbonyl (C=O) groups excluding carboxylic acids is 2. The van der Waals surface area contributed by atoms with Gasteiger partial charge in [0.05, 0.1) is 35.9 Å². The molecule has 11 heteroatoms. The predicted octanol–water partition coefficient (Wildman–Crippen LogP) is 3.74. The minimum atomic E-state index is -4.48. The van der Waals surface area contributed by atoms with E-state index in [1.54, 1.807) is 11.8 Å². The lowest BCUT2D eigenvalue weighted by atomic mass is 10.00. The summed E-state index contributed by atoms with van der Waals surface area (Å²) >= 11 is 5.80. The van der Waals surface area contributed by atoms with Crippen LogP contribution in [0, 0.1) is 17.2 Å². The van der Waals surface area contributed by atoms with E-state index in [9.17, 15) is 28.0 Å². The SMILES string of the molecule is CCOC(=O)C1CN(c2ncc(C#N)cc2N(Cc2ccc(C(F)(F)F)cc2)C(=O)CCl)C1. The fraction of sp³-hybridized carbons (Fsp3) is 0.364. The fourth-order valence-corrected chi connectivity index (χ4v) is 3.52. The minimum Gasteiger partial charge on any atom is -0.466 e. The molecule has 0 unspecified atom stereocenters. The van der Waals surface area contributed by atoms with Crippen LogP contribution in [0.15, 0.2) is 36.5 Å². The van der Waals surface area contributed by atoms with Crippen molar-refractivity contribution in [1.29, 1.82) is 5.26 Å². The quantitative estimate of drug-likeness (QED) is 0.443. The molecule has 33 heavy (non-hydrogen) atoms. The van der Waals surface area contributed by atoms with E-state index in [0.29, 0.717) is 24.5 Å². The molecule has 1 aliphatic rings. The van der Waals surface area contributed by atoms with Gasteiger partial charge in [0.2, 0.25) is 5.91 Å². The van der Waals surface area contributed by atoms with Gasteiger partial charge in [0.25, 0.3) is 0 Å². The van der Waals surface area contributed by atoms with E-state index in [2.05, 4.69) is 4.98 Å². The van der Waals surface area contributed by atoms with Gasteiger partial charge in [0.1, 0.15) is 11.9 Å². The Kier molecular flexibility index (Phi) is 7.43. The lowest BCUT2D eigenvalue weighted by Crippen LogP contribution is -2.52. The number of hydrogen-bond donors (Lipinski definition) is 0. The molecule has 174 valence electrons. The van der Waals surface area contributed by atoms with Crippen LogP contribution in [0.2, 0.25) is 0 Å². The second-order valence-corrected chi connectivity index (χ2v) is 7.61. The second-order valence-electron chi connectivity index (χ2n) is 7.34. The van der Waals surface area contributed by atoms with Gasteiger partial charge in [-0.05, 0) is 30.7 Å². The summed E-state index contributed by atoms with van der Waals surface area (Å²) in [7, 11) is 0. The molecule has 1 fully saturated rings. The van der Waals surface area contributed by atoms with Crippen molar-refractivity contribution in [1.82, 2.24) is 4.98 Å². The number of anilines is 2. The molecule has 0 spiro atoms. The molecule has 0 bridgehead atoms. The molecular formula is C22H20ClF3N4O3. The average molecular weight is 481 g/mol. The molecule has 0 atom stereocenters. The molecule has 3 rings (SSSR count). The number of nitriles is 1. The van der Waals surface area contributed by atoms with Crippen molar-refractivity contribution < 1.29 is 27.5 Å². The number of pyridine rings is 1. The highest BCUT2D eigenvalue weighted by molar-refractivity contribution is 6.29. The summed E-state index contributed by atoms with van der Waals surface area (Å²) in [5.74, 6) is -1.22. The zero-order valence-electron chi connectivity index (χ0n) is 17.6. The van der Waals surface area contributed by atoms with Crippen molar-refractivity contribution in [3.63, 3.8) is 0 Å². The molecule has 2 aromatic rings. The summed E-state index contributed by atoms with van der Waals surface area (Å²) in [6.45, 7) is 2.52. The molecule has 1 saturated heterocycles. The zero-order chi connectivity index (χ0) is 24.2. The molecular weight excluding hydrogens is 461 g/mol. The number of aromatic nitrogens is 1. The highest BCUT2D eigenvalue weighted by Crippen LogP contribution is 2.35. The number of hydrogen-bond acceptors (Lipinski definition) is 6. The molecule has 1 aromatic heterocycles. The van der Waals surface area contributed by atoms with Crippen LogP contribution >= 0.6 is 11.6 Å². The molecule has 0 aliphatic carbocycles. The Morgan fingerprint density at radius 2 is 1.97 bits per heavy atom. The van der Waals surface area contributed by atoms with Gasteiger partial charge in [0, 0.05) is 19.3 Å². The van der Waals surface area contributed by atoms with Crippen LogP contribution in [-0.4, -0.2) is 42.4 Å². The number of esters is 1. The molecule has 2 heterocycles. The Hall–Kier alpha value is -3.32. The second kappa shape index (κ2) is 10.1. The maximum Gasteiger partial charge on any atom is 0.416 e. The van der Waals surface area contributed by atoms with Crippen LogP contribution in [0.1, 0.15) is 23.6 Å². The molecule has 0 N–H and O–H groups in total. The molecule has 1 amide bonds. The average Bonchev–Trinajstić information content (AvgIpc) is 2.76.